The number of nitro benzene ring substituents is 1. The lowest BCUT2D eigenvalue weighted by molar-refractivity contribution is -0.384. The van der Waals surface area contributed by atoms with E-state index in [1.54, 1.807) is 11.6 Å². The van der Waals surface area contributed by atoms with E-state index in [1.165, 1.54) is 36.0 Å². The van der Waals surface area contributed by atoms with Crippen LogP contribution in [-0.2, 0) is 11.3 Å². The molecule has 0 saturated carbocycles. The van der Waals surface area contributed by atoms with Crippen molar-refractivity contribution in [3.8, 4) is 0 Å². The molecule has 0 saturated heterocycles. The molecule has 10 heteroatoms. The van der Waals surface area contributed by atoms with Crippen LogP contribution in [-0.4, -0.2) is 36.3 Å². The zero-order valence-electron chi connectivity index (χ0n) is 13.5. The standard InChI is InChI=1S/C14H18N6O3S/c1-9(2)8-19-14(16-17-18-19)24-10(3)13(21)15-11-4-6-12(7-5-11)20(22)23/h4-7,9-10H,8H2,1-3H3,(H,15,21). The van der Waals surface area contributed by atoms with Crippen LogP contribution >= 0.6 is 11.8 Å². The van der Waals surface area contributed by atoms with Crippen molar-refractivity contribution in [2.45, 2.75) is 37.7 Å². The van der Waals surface area contributed by atoms with Gasteiger partial charge in [-0.25, -0.2) is 4.68 Å². The molecule has 1 aromatic carbocycles. The summed E-state index contributed by atoms with van der Waals surface area (Å²) in [6, 6.07) is 5.68. The number of thioether (sulfide) groups is 1. The Morgan fingerprint density at radius 1 is 1.33 bits per heavy atom. The van der Waals surface area contributed by atoms with E-state index >= 15 is 0 Å². The normalized spacial score (nSPS) is 12.2. The predicted octanol–water partition coefficient (Wildman–Crippen LogP) is 2.36. The van der Waals surface area contributed by atoms with Gasteiger partial charge in [-0.05, 0) is 35.4 Å². The van der Waals surface area contributed by atoms with Crippen molar-refractivity contribution in [3.63, 3.8) is 0 Å². The largest absolute Gasteiger partial charge is 0.325 e. The number of tetrazole rings is 1. The summed E-state index contributed by atoms with van der Waals surface area (Å²) in [5.74, 6) is 0.157. The summed E-state index contributed by atoms with van der Waals surface area (Å²) in [7, 11) is 0. The van der Waals surface area contributed by atoms with Gasteiger partial charge in [0.25, 0.3) is 5.69 Å². The molecular weight excluding hydrogens is 332 g/mol. The number of nitrogens with zero attached hydrogens (tertiary/aromatic N) is 5. The average molecular weight is 350 g/mol. The molecule has 0 aliphatic carbocycles. The van der Waals surface area contributed by atoms with Gasteiger partial charge in [0, 0.05) is 24.4 Å². The van der Waals surface area contributed by atoms with Crippen LogP contribution < -0.4 is 5.32 Å². The number of anilines is 1. The first-order chi connectivity index (χ1) is 11.4. The lowest BCUT2D eigenvalue weighted by Crippen LogP contribution is -2.23. The molecule has 1 heterocycles. The van der Waals surface area contributed by atoms with Gasteiger partial charge >= 0.3 is 0 Å². The Balaban J connectivity index is 1.97. The lowest BCUT2D eigenvalue weighted by atomic mass is 10.2. The Bertz CT molecular complexity index is 716. The Morgan fingerprint density at radius 3 is 2.58 bits per heavy atom. The highest BCUT2D eigenvalue weighted by molar-refractivity contribution is 8.00. The Kier molecular flexibility index (Phi) is 5.85. The van der Waals surface area contributed by atoms with Gasteiger partial charge in [-0.1, -0.05) is 25.6 Å². The molecule has 0 fully saturated rings. The molecule has 128 valence electrons. The van der Waals surface area contributed by atoms with Crippen molar-refractivity contribution in [1.82, 2.24) is 20.2 Å². The third kappa shape index (κ3) is 4.75. The molecule has 9 nitrogen and oxygen atoms in total. The third-order valence-corrected chi connectivity index (χ3v) is 4.11. The number of amides is 1. The Hall–Kier alpha value is -2.49. The minimum Gasteiger partial charge on any atom is -0.325 e. The van der Waals surface area contributed by atoms with E-state index in [2.05, 4.69) is 34.7 Å². The number of benzene rings is 1. The SMILES string of the molecule is CC(C)Cn1nnnc1SC(C)C(=O)Nc1ccc([N+](=O)[O-])cc1. The van der Waals surface area contributed by atoms with Crippen LogP contribution in [0.1, 0.15) is 20.8 Å². The monoisotopic (exact) mass is 350 g/mol. The molecule has 0 radical (unpaired) electrons. The molecule has 0 aliphatic rings. The van der Waals surface area contributed by atoms with Gasteiger partial charge in [-0.15, -0.1) is 5.10 Å². The van der Waals surface area contributed by atoms with E-state index in [-0.39, 0.29) is 11.6 Å². The second-order valence-electron chi connectivity index (χ2n) is 5.59. The quantitative estimate of drug-likeness (QED) is 0.463. The molecule has 1 amide bonds. The highest BCUT2D eigenvalue weighted by Crippen LogP contribution is 2.23. The first-order valence-corrected chi connectivity index (χ1v) is 8.23. The maximum Gasteiger partial charge on any atom is 0.269 e. The van der Waals surface area contributed by atoms with Crippen molar-refractivity contribution in [3.05, 3.63) is 34.4 Å². The van der Waals surface area contributed by atoms with Crippen LogP contribution in [0.2, 0.25) is 0 Å². The average Bonchev–Trinajstić information content (AvgIpc) is 2.94. The summed E-state index contributed by atoms with van der Waals surface area (Å²) in [4.78, 5) is 22.4. The zero-order chi connectivity index (χ0) is 17.7. The third-order valence-electron chi connectivity index (χ3n) is 3.03. The number of rotatable bonds is 7. The van der Waals surface area contributed by atoms with Gasteiger partial charge < -0.3 is 5.32 Å². The van der Waals surface area contributed by atoms with Crippen LogP contribution in [0.5, 0.6) is 0 Å². The number of hydrogen-bond acceptors (Lipinski definition) is 7. The molecular formula is C14H18N6O3S. The van der Waals surface area contributed by atoms with E-state index in [4.69, 9.17) is 0 Å². The van der Waals surface area contributed by atoms with Gasteiger partial charge in [-0.3, -0.25) is 14.9 Å². The van der Waals surface area contributed by atoms with Crippen LogP contribution in [0.25, 0.3) is 0 Å². The van der Waals surface area contributed by atoms with Crippen molar-refractivity contribution < 1.29 is 9.72 Å². The number of aromatic nitrogens is 4. The van der Waals surface area contributed by atoms with E-state index in [0.717, 1.165) is 0 Å². The zero-order valence-corrected chi connectivity index (χ0v) is 14.4. The van der Waals surface area contributed by atoms with Crippen molar-refractivity contribution in [2.75, 3.05) is 5.32 Å². The van der Waals surface area contributed by atoms with E-state index in [0.29, 0.717) is 23.3 Å². The summed E-state index contributed by atoms with van der Waals surface area (Å²) in [6.45, 7) is 6.54. The molecule has 1 unspecified atom stereocenters. The fourth-order valence-electron chi connectivity index (χ4n) is 1.86. The van der Waals surface area contributed by atoms with Crippen molar-refractivity contribution in [2.24, 2.45) is 5.92 Å². The fraction of sp³-hybridized carbons (Fsp3) is 0.429. The molecule has 1 atom stereocenters. The van der Waals surface area contributed by atoms with E-state index < -0.39 is 10.2 Å². The summed E-state index contributed by atoms with van der Waals surface area (Å²) in [5.41, 5.74) is 0.475. The molecule has 1 N–H and O–H groups in total. The van der Waals surface area contributed by atoms with Gasteiger partial charge in [0.2, 0.25) is 11.1 Å². The molecule has 0 bridgehead atoms. The Morgan fingerprint density at radius 2 is 2.00 bits per heavy atom. The van der Waals surface area contributed by atoms with Crippen LogP contribution in [0, 0.1) is 16.0 Å². The first-order valence-electron chi connectivity index (χ1n) is 7.35. The van der Waals surface area contributed by atoms with Crippen LogP contribution in [0.3, 0.4) is 0 Å². The van der Waals surface area contributed by atoms with Crippen LogP contribution in [0.4, 0.5) is 11.4 Å². The molecule has 2 rings (SSSR count). The van der Waals surface area contributed by atoms with Crippen molar-refractivity contribution in [1.29, 1.82) is 0 Å². The number of hydrogen-bond donors (Lipinski definition) is 1. The minimum atomic E-state index is -0.487. The summed E-state index contributed by atoms with van der Waals surface area (Å²) >= 11 is 1.26. The number of nitro groups is 1. The van der Waals surface area contributed by atoms with E-state index in [1.807, 2.05) is 0 Å². The number of nitrogens with one attached hydrogen (secondary N) is 1. The minimum absolute atomic E-state index is 0.0247. The second-order valence-corrected chi connectivity index (χ2v) is 6.90. The topological polar surface area (TPSA) is 116 Å². The second kappa shape index (κ2) is 7.86. The van der Waals surface area contributed by atoms with Gasteiger partial charge in [0.1, 0.15) is 0 Å². The van der Waals surface area contributed by atoms with E-state index in [9.17, 15) is 14.9 Å². The summed E-state index contributed by atoms with van der Waals surface area (Å²) < 4.78 is 1.67. The maximum absolute atomic E-state index is 12.2. The molecule has 1 aromatic heterocycles. The number of non-ortho nitro benzene ring substituents is 1. The summed E-state index contributed by atoms with van der Waals surface area (Å²) in [6.07, 6.45) is 0. The predicted molar refractivity (Wildman–Crippen MR) is 89.7 cm³/mol. The van der Waals surface area contributed by atoms with Crippen LogP contribution in [0.15, 0.2) is 29.4 Å². The molecule has 0 aliphatic heterocycles. The van der Waals surface area contributed by atoms with Gasteiger partial charge in [0.15, 0.2) is 0 Å². The smallest absolute Gasteiger partial charge is 0.269 e. The van der Waals surface area contributed by atoms with Gasteiger partial charge in [-0.2, -0.15) is 0 Å². The number of carbonyl (C=O) groups is 1. The van der Waals surface area contributed by atoms with Crippen molar-refractivity contribution >= 4 is 29.0 Å². The highest BCUT2D eigenvalue weighted by atomic mass is 32.2. The lowest BCUT2D eigenvalue weighted by Gasteiger charge is -2.12. The molecule has 2 aromatic rings. The summed E-state index contributed by atoms with van der Waals surface area (Å²) in [5, 5.41) is 25.0. The van der Waals surface area contributed by atoms with Gasteiger partial charge in [0.05, 0.1) is 10.2 Å². The molecule has 0 spiro atoms. The molecule has 24 heavy (non-hydrogen) atoms. The fourth-order valence-corrected chi connectivity index (χ4v) is 2.66. The first kappa shape index (κ1) is 17.9. The Labute approximate surface area is 143 Å². The highest BCUT2D eigenvalue weighted by Gasteiger charge is 2.19. The number of carbonyl (C=O) groups excluding carboxylic acids is 1. The maximum atomic E-state index is 12.2.